The first-order valence-corrected chi connectivity index (χ1v) is 9.67. The highest BCUT2D eigenvalue weighted by atomic mass is 32.2. The first-order chi connectivity index (χ1) is 11.7. The van der Waals surface area contributed by atoms with Crippen LogP contribution < -0.4 is 5.32 Å². The Labute approximate surface area is 146 Å². The molecule has 0 aromatic carbocycles. The zero-order chi connectivity index (χ0) is 16.8. The molecular weight excluding hydrogens is 328 g/mol. The van der Waals surface area contributed by atoms with E-state index < -0.39 is 6.04 Å². The van der Waals surface area contributed by atoms with Crippen molar-refractivity contribution in [2.45, 2.75) is 37.6 Å². The number of furan rings is 1. The Bertz CT molecular complexity index is 584. The van der Waals surface area contributed by atoms with Gasteiger partial charge in [0.05, 0.1) is 12.3 Å². The van der Waals surface area contributed by atoms with Crippen molar-refractivity contribution in [2.24, 2.45) is 4.99 Å². The topological polar surface area (TPSA) is 83.9 Å². The van der Waals surface area contributed by atoms with E-state index in [0.717, 1.165) is 29.6 Å². The quantitative estimate of drug-likeness (QED) is 0.438. The number of aliphatic imine (C=N–C) groups is 1. The number of likely N-dealkylation sites (tertiary alicyclic amines) is 1. The van der Waals surface area contributed by atoms with Gasteiger partial charge in [-0.05, 0) is 38.1 Å². The van der Waals surface area contributed by atoms with Crippen LogP contribution in [0.2, 0.25) is 0 Å². The molecule has 1 fully saturated rings. The minimum Gasteiger partial charge on any atom is -0.464 e. The first kappa shape index (κ1) is 17.3. The van der Waals surface area contributed by atoms with Crippen LogP contribution in [-0.2, 0) is 12.3 Å². The van der Waals surface area contributed by atoms with Crippen LogP contribution in [0.3, 0.4) is 0 Å². The van der Waals surface area contributed by atoms with Crippen LogP contribution >= 0.6 is 11.8 Å². The lowest BCUT2D eigenvalue weighted by atomic mass is 10.2. The van der Waals surface area contributed by atoms with E-state index in [2.05, 4.69) is 27.3 Å². The molecular formula is C16H24N4O3S. The zero-order valence-corrected chi connectivity index (χ0v) is 14.6. The van der Waals surface area contributed by atoms with E-state index >= 15 is 0 Å². The van der Waals surface area contributed by atoms with Gasteiger partial charge in [-0.25, -0.2) is 0 Å². The smallest absolute Gasteiger partial charge is 0.270 e. The number of amidine groups is 1. The van der Waals surface area contributed by atoms with Crippen molar-refractivity contribution < 1.29 is 9.34 Å². The highest BCUT2D eigenvalue weighted by molar-refractivity contribution is 7.98. The van der Waals surface area contributed by atoms with Crippen LogP contribution in [0.4, 0.5) is 0 Å². The van der Waals surface area contributed by atoms with Crippen molar-refractivity contribution in [1.29, 1.82) is 0 Å². The molecule has 2 aliphatic rings. The van der Waals surface area contributed by atoms with Gasteiger partial charge in [0.25, 0.3) is 6.04 Å². The SMILES string of the molecule is O=[N+]([O-])C1CCN=C1NCCSCc1ccc(CN2CCCC2)o1. The first-order valence-electron chi connectivity index (χ1n) is 8.52. The molecule has 0 amide bonds. The summed E-state index contributed by atoms with van der Waals surface area (Å²) >= 11 is 1.76. The molecule has 1 aromatic heterocycles. The van der Waals surface area contributed by atoms with Crippen molar-refractivity contribution >= 4 is 17.6 Å². The largest absolute Gasteiger partial charge is 0.464 e. The van der Waals surface area contributed by atoms with E-state index in [9.17, 15) is 10.1 Å². The standard InChI is InChI=1S/C16H24N4O3S/c21-20(22)15-5-6-17-16(15)18-7-10-24-12-14-4-3-13(23-14)11-19-8-1-2-9-19/h3-4,15H,1-2,5-12H2,(H,17,18). The number of rotatable bonds is 8. The predicted molar refractivity (Wildman–Crippen MR) is 95.1 cm³/mol. The molecule has 1 N–H and O–H groups in total. The fourth-order valence-corrected chi connectivity index (χ4v) is 3.85. The zero-order valence-electron chi connectivity index (χ0n) is 13.8. The highest BCUT2D eigenvalue weighted by Gasteiger charge is 2.30. The van der Waals surface area contributed by atoms with Gasteiger partial charge in [-0.3, -0.25) is 20.0 Å². The third kappa shape index (κ3) is 4.73. The fourth-order valence-electron chi connectivity index (χ4n) is 3.10. The van der Waals surface area contributed by atoms with Crippen molar-refractivity contribution in [3.8, 4) is 0 Å². The summed E-state index contributed by atoms with van der Waals surface area (Å²) in [6.45, 7) is 4.49. The maximum absolute atomic E-state index is 10.9. The van der Waals surface area contributed by atoms with E-state index in [-0.39, 0.29) is 4.92 Å². The Balaban J connectivity index is 1.32. The number of nitrogens with one attached hydrogen (secondary N) is 1. The van der Waals surface area contributed by atoms with Crippen LogP contribution in [0.1, 0.15) is 30.8 Å². The number of hydrogen-bond donors (Lipinski definition) is 1. The fraction of sp³-hybridized carbons (Fsp3) is 0.688. The Kier molecular flexibility index (Phi) is 6.14. The van der Waals surface area contributed by atoms with Crippen molar-refractivity contribution in [1.82, 2.24) is 10.2 Å². The number of nitro groups is 1. The lowest BCUT2D eigenvalue weighted by molar-refractivity contribution is -0.502. The molecule has 3 rings (SSSR count). The summed E-state index contributed by atoms with van der Waals surface area (Å²) in [5.74, 6) is 4.26. The van der Waals surface area contributed by atoms with E-state index in [1.807, 2.05) is 0 Å². The Morgan fingerprint density at radius 2 is 2.17 bits per heavy atom. The summed E-state index contributed by atoms with van der Waals surface area (Å²) in [6, 6.07) is 3.48. The van der Waals surface area contributed by atoms with Crippen LogP contribution in [-0.4, -0.2) is 53.6 Å². The van der Waals surface area contributed by atoms with Crippen molar-refractivity contribution in [2.75, 3.05) is 31.9 Å². The third-order valence-electron chi connectivity index (χ3n) is 4.35. The summed E-state index contributed by atoms with van der Waals surface area (Å²) in [6.07, 6.45) is 3.09. The van der Waals surface area contributed by atoms with Gasteiger partial charge in [0.15, 0.2) is 5.84 Å². The molecule has 0 aliphatic carbocycles. The number of hydrogen-bond acceptors (Lipinski definition) is 7. The van der Waals surface area contributed by atoms with Crippen LogP contribution in [0.15, 0.2) is 21.5 Å². The summed E-state index contributed by atoms with van der Waals surface area (Å²) in [5, 5.41) is 14.0. The van der Waals surface area contributed by atoms with Crippen LogP contribution in [0, 0.1) is 10.1 Å². The van der Waals surface area contributed by atoms with Gasteiger partial charge in [-0.1, -0.05) is 0 Å². The second kappa shape index (κ2) is 8.53. The molecule has 0 spiro atoms. The molecule has 1 atom stereocenters. The molecule has 0 radical (unpaired) electrons. The second-order valence-corrected chi connectivity index (χ2v) is 7.29. The second-order valence-electron chi connectivity index (χ2n) is 6.19. The molecule has 1 saturated heterocycles. The van der Waals surface area contributed by atoms with Gasteiger partial charge in [-0.2, -0.15) is 11.8 Å². The molecule has 132 valence electrons. The van der Waals surface area contributed by atoms with Gasteiger partial charge in [0, 0.05) is 30.2 Å². The van der Waals surface area contributed by atoms with E-state index in [4.69, 9.17) is 4.42 Å². The Hall–Kier alpha value is -1.54. The number of nitrogens with zero attached hydrogens (tertiary/aromatic N) is 3. The van der Waals surface area contributed by atoms with Crippen LogP contribution in [0.25, 0.3) is 0 Å². The van der Waals surface area contributed by atoms with Gasteiger partial charge in [0.2, 0.25) is 0 Å². The van der Waals surface area contributed by atoms with Crippen LogP contribution in [0.5, 0.6) is 0 Å². The van der Waals surface area contributed by atoms with Gasteiger partial charge in [0.1, 0.15) is 11.5 Å². The Morgan fingerprint density at radius 3 is 2.96 bits per heavy atom. The third-order valence-corrected chi connectivity index (χ3v) is 5.33. The Morgan fingerprint density at radius 1 is 1.38 bits per heavy atom. The van der Waals surface area contributed by atoms with Gasteiger partial charge >= 0.3 is 0 Å². The highest BCUT2D eigenvalue weighted by Crippen LogP contribution is 2.18. The summed E-state index contributed by atoms with van der Waals surface area (Å²) in [4.78, 5) is 17.2. The maximum Gasteiger partial charge on any atom is 0.270 e. The molecule has 7 nitrogen and oxygen atoms in total. The molecule has 0 saturated carbocycles. The molecule has 1 unspecified atom stereocenters. The average Bonchev–Trinajstić information content (AvgIpc) is 3.29. The molecule has 24 heavy (non-hydrogen) atoms. The molecule has 8 heteroatoms. The molecule has 2 aliphatic heterocycles. The van der Waals surface area contributed by atoms with E-state index in [0.29, 0.717) is 25.3 Å². The normalized spacial score (nSPS) is 21.2. The average molecular weight is 352 g/mol. The molecule has 1 aromatic rings. The van der Waals surface area contributed by atoms with Gasteiger partial charge in [-0.15, -0.1) is 0 Å². The van der Waals surface area contributed by atoms with Crippen molar-refractivity contribution in [3.63, 3.8) is 0 Å². The molecule has 0 bridgehead atoms. The summed E-state index contributed by atoms with van der Waals surface area (Å²) in [5.41, 5.74) is 0. The van der Waals surface area contributed by atoms with E-state index in [1.54, 1.807) is 11.8 Å². The summed E-state index contributed by atoms with van der Waals surface area (Å²) < 4.78 is 5.88. The lowest BCUT2D eigenvalue weighted by Gasteiger charge is -2.11. The summed E-state index contributed by atoms with van der Waals surface area (Å²) in [7, 11) is 0. The van der Waals surface area contributed by atoms with E-state index in [1.165, 1.54) is 25.9 Å². The predicted octanol–water partition coefficient (Wildman–Crippen LogP) is 2.15. The monoisotopic (exact) mass is 352 g/mol. The maximum atomic E-state index is 10.9. The van der Waals surface area contributed by atoms with Gasteiger partial charge < -0.3 is 9.73 Å². The lowest BCUT2D eigenvalue weighted by Crippen LogP contribution is -2.37. The van der Waals surface area contributed by atoms with Crippen molar-refractivity contribution in [3.05, 3.63) is 33.8 Å². The number of thioether (sulfide) groups is 1. The minimum atomic E-state index is -0.645. The minimum absolute atomic E-state index is 0.253. The molecule has 3 heterocycles.